The third kappa shape index (κ3) is 3.72. The average Bonchev–Trinajstić information content (AvgIpc) is 2.68. The van der Waals surface area contributed by atoms with Crippen LogP contribution in [0.3, 0.4) is 0 Å². The third-order valence-corrected chi connectivity index (χ3v) is 4.85. The van der Waals surface area contributed by atoms with E-state index in [0.29, 0.717) is 36.9 Å². The summed E-state index contributed by atoms with van der Waals surface area (Å²) in [5, 5.41) is 5.40. The topological polar surface area (TPSA) is 81.5 Å². The van der Waals surface area contributed by atoms with Crippen molar-refractivity contribution in [1.29, 1.82) is 0 Å². The second-order valence-electron chi connectivity index (χ2n) is 7.08. The number of likely N-dealkylation sites (tertiary alicyclic amines) is 1. The molecule has 0 saturated carbocycles. The summed E-state index contributed by atoms with van der Waals surface area (Å²) in [5.74, 6) is -0.834. The molecule has 0 N–H and O–H groups in total. The molecule has 144 valence electrons. The van der Waals surface area contributed by atoms with Crippen molar-refractivity contribution in [3.63, 3.8) is 0 Å². The van der Waals surface area contributed by atoms with Crippen LogP contribution in [-0.2, 0) is 9.53 Å². The van der Waals surface area contributed by atoms with Crippen molar-refractivity contribution in [1.82, 2.24) is 14.7 Å². The highest BCUT2D eigenvalue weighted by Gasteiger charge is 2.31. The number of aromatic nitrogens is 2. The van der Waals surface area contributed by atoms with Gasteiger partial charge in [-0.05, 0) is 39.7 Å². The second kappa shape index (κ2) is 7.90. The van der Waals surface area contributed by atoms with Crippen LogP contribution in [0.1, 0.15) is 50.1 Å². The van der Waals surface area contributed by atoms with Crippen LogP contribution < -0.4 is 5.56 Å². The monoisotopic (exact) mass is 371 g/mol. The van der Waals surface area contributed by atoms with E-state index in [1.54, 1.807) is 36.1 Å². The molecule has 1 unspecified atom stereocenters. The Morgan fingerprint density at radius 2 is 1.96 bits per heavy atom. The fraction of sp³-hybridized carbons (Fsp3) is 0.500. The highest BCUT2D eigenvalue weighted by Crippen LogP contribution is 2.22. The van der Waals surface area contributed by atoms with E-state index >= 15 is 0 Å². The molecule has 3 rings (SSSR count). The lowest BCUT2D eigenvalue weighted by molar-refractivity contribution is -0.149. The first kappa shape index (κ1) is 19.1. The van der Waals surface area contributed by atoms with Gasteiger partial charge in [-0.15, -0.1) is 0 Å². The maximum Gasteiger partial charge on any atom is 0.310 e. The minimum atomic E-state index is -0.315. The first-order chi connectivity index (χ1) is 12.9. The largest absolute Gasteiger partial charge is 0.466 e. The lowest BCUT2D eigenvalue weighted by Crippen LogP contribution is -2.43. The van der Waals surface area contributed by atoms with Gasteiger partial charge in [-0.25, -0.2) is 4.68 Å². The number of amides is 1. The van der Waals surface area contributed by atoms with Crippen molar-refractivity contribution in [2.24, 2.45) is 5.92 Å². The summed E-state index contributed by atoms with van der Waals surface area (Å²) >= 11 is 0. The van der Waals surface area contributed by atoms with Gasteiger partial charge in [-0.3, -0.25) is 14.4 Å². The number of esters is 1. The van der Waals surface area contributed by atoms with Crippen LogP contribution in [0.15, 0.2) is 29.1 Å². The van der Waals surface area contributed by atoms with E-state index in [1.165, 1.54) is 4.68 Å². The molecule has 1 atom stereocenters. The normalized spacial score (nSPS) is 17.3. The number of carbonyl (C=O) groups excluding carboxylic acids is 2. The van der Waals surface area contributed by atoms with Gasteiger partial charge < -0.3 is 9.64 Å². The van der Waals surface area contributed by atoms with Crippen molar-refractivity contribution >= 4 is 22.6 Å². The Labute approximate surface area is 157 Å². The first-order valence-electron chi connectivity index (χ1n) is 9.41. The molecule has 2 aromatic rings. The molecule has 1 saturated heterocycles. The van der Waals surface area contributed by atoms with Gasteiger partial charge in [0.25, 0.3) is 11.5 Å². The van der Waals surface area contributed by atoms with Gasteiger partial charge >= 0.3 is 5.97 Å². The number of piperidine rings is 1. The Kier molecular flexibility index (Phi) is 5.58. The van der Waals surface area contributed by atoms with E-state index < -0.39 is 0 Å². The average molecular weight is 371 g/mol. The molecule has 1 fully saturated rings. The standard InChI is InChI=1S/C20H25N3O4/c1-4-27-20(26)14-8-7-11-22(12-14)19(25)17-15-9-5-6-10-16(15)18(24)23(21-17)13(2)3/h5-6,9-10,13-14H,4,7-8,11-12H2,1-3H3. The molecule has 27 heavy (non-hydrogen) atoms. The summed E-state index contributed by atoms with van der Waals surface area (Å²) in [6.45, 7) is 6.69. The Balaban J connectivity index is 1.99. The third-order valence-electron chi connectivity index (χ3n) is 4.85. The van der Waals surface area contributed by atoms with Crippen LogP contribution in [0.25, 0.3) is 10.8 Å². The maximum atomic E-state index is 13.2. The van der Waals surface area contributed by atoms with Gasteiger partial charge in [0.2, 0.25) is 0 Å². The summed E-state index contributed by atoms with van der Waals surface area (Å²) in [5.41, 5.74) is 0.0450. The minimum absolute atomic E-state index is 0.165. The first-order valence-corrected chi connectivity index (χ1v) is 9.41. The molecule has 1 aliphatic heterocycles. The van der Waals surface area contributed by atoms with Gasteiger partial charge in [0, 0.05) is 18.5 Å². The molecule has 7 heteroatoms. The van der Waals surface area contributed by atoms with E-state index in [-0.39, 0.29) is 35.1 Å². The molecule has 2 heterocycles. The molecule has 1 aromatic heterocycles. The van der Waals surface area contributed by atoms with Crippen molar-refractivity contribution in [3.8, 4) is 0 Å². The molecule has 0 bridgehead atoms. The van der Waals surface area contributed by atoms with E-state index in [0.717, 1.165) is 6.42 Å². The Hall–Kier alpha value is -2.70. The molecule has 1 aliphatic rings. The molecular weight excluding hydrogens is 346 g/mol. The number of carbonyl (C=O) groups is 2. The van der Waals surface area contributed by atoms with Gasteiger partial charge in [0.1, 0.15) is 0 Å². The van der Waals surface area contributed by atoms with Crippen LogP contribution in [0.5, 0.6) is 0 Å². The number of hydrogen-bond acceptors (Lipinski definition) is 5. The van der Waals surface area contributed by atoms with Crippen molar-refractivity contribution < 1.29 is 14.3 Å². The van der Waals surface area contributed by atoms with Gasteiger partial charge in [0.05, 0.1) is 24.0 Å². The highest BCUT2D eigenvalue weighted by molar-refractivity contribution is 6.04. The number of rotatable bonds is 4. The number of nitrogens with zero attached hydrogens (tertiary/aromatic N) is 3. The van der Waals surface area contributed by atoms with Crippen LogP contribution in [0.2, 0.25) is 0 Å². The summed E-state index contributed by atoms with van der Waals surface area (Å²) in [6, 6.07) is 6.86. The molecule has 0 radical (unpaired) electrons. The Morgan fingerprint density at radius 1 is 1.26 bits per heavy atom. The van der Waals surface area contributed by atoms with E-state index in [4.69, 9.17) is 4.74 Å². The molecule has 1 aromatic carbocycles. The van der Waals surface area contributed by atoms with Gasteiger partial charge in [0.15, 0.2) is 5.69 Å². The predicted molar refractivity (Wildman–Crippen MR) is 102 cm³/mol. The number of hydrogen-bond donors (Lipinski definition) is 0. The summed E-state index contributed by atoms with van der Waals surface area (Å²) in [4.78, 5) is 39.6. The van der Waals surface area contributed by atoms with Gasteiger partial charge in [-0.1, -0.05) is 18.2 Å². The molecule has 7 nitrogen and oxygen atoms in total. The Morgan fingerprint density at radius 3 is 2.63 bits per heavy atom. The van der Waals surface area contributed by atoms with Crippen molar-refractivity contribution in [2.75, 3.05) is 19.7 Å². The summed E-state index contributed by atoms with van der Waals surface area (Å²) in [6.07, 6.45) is 1.44. The zero-order valence-electron chi connectivity index (χ0n) is 16.0. The summed E-state index contributed by atoms with van der Waals surface area (Å²) in [7, 11) is 0. The molecule has 1 amide bonds. The van der Waals surface area contributed by atoms with Gasteiger partial charge in [-0.2, -0.15) is 5.10 Å². The Bertz CT molecular complexity index is 919. The van der Waals surface area contributed by atoms with Crippen LogP contribution >= 0.6 is 0 Å². The minimum Gasteiger partial charge on any atom is -0.466 e. The number of benzene rings is 1. The zero-order valence-corrected chi connectivity index (χ0v) is 16.0. The van der Waals surface area contributed by atoms with Crippen molar-refractivity contribution in [2.45, 2.75) is 39.7 Å². The molecule has 0 aliphatic carbocycles. The van der Waals surface area contributed by atoms with Crippen LogP contribution in [0, 0.1) is 5.92 Å². The van der Waals surface area contributed by atoms with Crippen LogP contribution in [-0.4, -0.2) is 46.3 Å². The highest BCUT2D eigenvalue weighted by atomic mass is 16.5. The zero-order chi connectivity index (χ0) is 19.6. The lowest BCUT2D eigenvalue weighted by atomic mass is 9.97. The smallest absolute Gasteiger partial charge is 0.310 e. The second-order valence-corrected chi connectivity index (χ2v) is 7.08. The predicted octanol–water partition coefficient (Wildman–Crippen LogP) is 2.39. The SMILES string of the molecule is CCOC(=O)C1CCCN(C(=O)c2nn(C(C)C)c(=O)c3ccccc23)C1. The lowest BCUT2D eigenvalue weighted by Gasteiger charge is -2.31. The van der Waals surface area contributed by atoms with E-state index in [9.17, 15) is 14.4 Å². The summed E-state index contributed by atoms with van der Waals surface area (Å²) < 4.78 is 6.46. The van der Waals surface area contributed by atoms with E-state index in [2.05, 4.69) is 5.10 Å². The maximum absolute atomic E-state index is 13.2. The van der Waals surface area contributed by atoms with E-state index in [1.807, 2.05) is 13.8 Å². The van der Waals surface area contributed by atoms with Crippen LogP contribution in [0.4, 0.5) is 0 Å². The fourth-order valence-corrected chi connectivity index (χ4v) is 3.48. The molecular formula is C20H25N3O4. The fourth-order valence-electron chi connectivity index (χ4n) is 3.48. The number of fused-ring (bicyclic) bond motifs is 1. The van der Waals surface area contributed by atoms with Crippen molar-refractivity contribution in [3.05, 3.63) is 40.3 Å². The quantitative estimate of drug-likeness (QED) is 0.771. The molecule has 0 spiro atoms. The number of ether oxygens (including phenoxy) is 1.